The van der Waals surface area contributed by atoms with E-state index in [0.717, 1.165) is 5.75 Å². The summed E-state index contributed by atoms with van der Waals surface area (Å²) in [5.74, 6) is 1.19. The maximum absolute atomic E-state index is 11.8. The molecule has 0 radical (unpaired) electrons. The average Bonchev–Trinajstić information content (AvgIpc) is 2.33. The van der Waals surface area contributed by atoms with Crippen molar-refractivity contribution in [2.24, 2.45) is 5.92 Å². The Bertz CT molecular complexity index is 337. The summed E-state index contributed by atoms with van der Waals surface area (Å²) in [4.78, 5) is 0. The molecule has 1 unspecified atom stereocenters. The molecule has 0 heterocycles. The van der Waals surface area contributed by atoms with Gasteiger partial charge in [0.2, 0.25) is 0 Å². The fourth-order valence-corrected chi connectivity index (χ4v) is 2.12. The van der Waals surface area contributed by atoms with Crippen LogP contribution in [0, 0.1) is 5.92 Å². The molecular formula is C14H23NO2S. The lowest BCUT2D eigenvalue weighted by Crippen LogP contribution is -2.41. The van der Waals surface area contributed by atoms with E-state index < -0.39 is 11.4 Å². The van der Waals surface area contributed by atoms with Gasteiger partial charge in [-0.15, -0.1) is 4.72 Å². The Morgan fingerprint density at radius 1 is 1.28 bits per heavy atom. The molecule has 1 N–H and O–H groups in total. The predicted molar refractivity (Wildman–Crippen MR) is 77.0 cm³/mol. The van der Waals surface area contributed by atoms with Crippen LogP contribution in [-0.2, 0) is 11.4 Å². The molecule has 0 saturated heterocycles. The van der Waals surface area contributed by atoms with Crippen molar-refractivity contribution in [3.63, 3.8) is 0 Å². The highest BCUT2D eigenvalue weighted by Gasteiger charge is 2.26. The lowest BCUT2D eigenvalue weighted by molar-refractivity contribution is 0.260. The van der Waals surface area contributed by atoms with Gasteiger partial charge in [0.05, 0.1) is 6.61 Å². The second-order valence-electron chi connectivity index (χ2n) is 5.46. The summed E-state index contributed by atoms with van der Waals surface area (Å²) in [6.45, 7) is 9.27. The Balaban J connectivity index is 2.24. The third-order valence-corrected chi connectivity index (χ3v) is 3.94. The maximum atomic E-state index is 11.8. The second-order valence-corrected chi connectivity index (χ2v) is 7.51. The Kier molecular flexibility index (Phi) is 5.99. The molecule has 102 valence electrons. The van der Waals surface area contributed by atoms with Crippen LogP contribution < -0.4 is 9.46 Å². The van der Waals surface area contributed by atoms with Gasteiger partial charge in [0.15, 0.2) is 0 Å². The van der Waals surface area contributed by atoms with E-state index >= 15 is 0 Å². The fourth-order valence-electron chi connectivity index (χ4n) is 1.25. The topological polar surface area (TPSA) is 44.3 Å². The highest BCUT2D eigenvalue weighted by atomic mass is 32.2. The number of hydrogen-bond donors (Lipinski definition) is 1. The smallest absolute Gasteiger partial charge is 0.136 e. The summed E-state index contributed by atoms with van der Waals surface area (Å²) in [6, 6.07) is 9.74. The predicted octanol–water partition coefficient (Wildman–Crippen LogP) is 2.75. The highest BCUT2D eigenvalue weighted by molar-refractivity contribution is 7.90. The van der Waals surface area contributed by atoms with Crippen molar-refractivity contribution in [3.8, 4) is 5.75 Å². The van der Waals surface area contributed by atoms with Crippen LogP contribution in [0.5, 0.6) is 5.75 Å². The Morgan fingerprint density at radius 3 is 2.44 bits per heavy atom. The molecule has 0 bridgehead atoms. The Hall–Kier alpha value is -0.710. The van der Waals surface area contributed by atoms with Gasteiger partial charge in [0, 0.05) is 23.8 Å². The number of nitrogens with one attached hydrogen (secondary N) is 1. The van der Waals surface area contributed by atoms with Crippen molar-refractivity contribution in [2.45, 2.75) is 32.4 Å². The monoisotopic (exact) mass is 269 g/mol. The molecule has 1 rings (SSSR count). The van der Waals surface area contributed by atoms with Gasteiger partial charge in [0.1, 0.15) is 10.5 Å². The van der Waals surface area contributed by atoms with Crippen LogP contribution in [0.2, 0.25) is 0 Å². The number of hydrogen-bond acceptors (Lipinski definition) is 3. The van der Waals surface area contributed by atoms with Gasteiger partial charge in [-0.1, -0.05) is 25.1 Å². The number of para-hydroxylation sites is 1. The molecule has 0 amide bonds. The SMILES string of the molecule is C[C@@H](CN[S+]([O-])C(C)(C)C)COc1ccccc1. The summed E-state index contributed by atoms with van der Waals surface area (Å²) in [7, 11) is 0. The molecule has 0 aliphatic carbocycles. The van der Waals surface area contributed by atoms with Gasteiger partial charge < -0.3 is 9.29 Å². The fraction of sp³-hybridized carbons (Fsp3) is 0.571. The molecule has 2 atom stereocenters. The maximum Gasteiger partial charge on any atom is 0.136 e. The van der Waals surface area contributed by atoms with Crippen molar-refractivity contribution >= 4 is 11.4 Å². The van der Waals surface area contributed by atoms with Crippen molar-refractivity contribution in [2.75, 3.05) is 13.2 Å². The standard InChI is InChI=1S/C14H23NO2S/c1-12(10-15-18(16)14(2,3)4)11-17-13-8-6-5-7-9-13/h5-9,12,15H,10-11H2,1-4H3/t12-,18?/m0/s1. The molecule has 1 aromatic carbocycles. The summed E-state index contributed by atoms with van der Waals surface area (Å²) in [5, 5.41) is 0. The zero-order valence-electron chi connectivity index (χ0n) is 11.6. The summed E-state index contributed by atoms with van der Waals surface area (Å²) in [6.07, 6.45) is 0. The van der Waals surface area contributed by atoms with Crippen LogP contribution in [0.1, 0.15) is 27.7 Å². The van der Waals surface area contributed by atoms with E-state index in [-0.39, 0.29) is 4.75 Å². The Morgan fingerprint density at radius 2 is 1.89 bits per heavy atom. The van der Waals surface area contributed by atoms with Gasteiger partial charge in [-0.2, -0.15) is 0 Å². The number of rotatable bonds is 6. The van der Waals surface area contributed by atoms with E-state index in [1.165, 1.54) is 0 Å². The van der Waals surface area contributed by atoms with Crippen LogP contribution in [0.4, 0.5) is 0 Å². The molecule has 0 spiro atoms. The first-order chi connectivity index (χ1) is 8.39. The normalized spacial score (nSPS) is 15.2. The van der Waals surface area contributed by atoms with Crippen LogP contribution in [0.25, 0.3) is 0 Å². The first-order valence-electron chi connectivity index (χ1n) is 6.23. The molecule has 3 nitrogen and oxygen atoms in total. The summed E-state index contributed by atoms with van der Waals surface area (Å²) >= 11 is -1.01. The van der Waals surface area contributed by atoms with Crippen LogP contribution in [-0.4, -0.2) is 22.5 Å². The van der Waals surface area contributed by atoms with E-state index in [0.29, 0.717) is 19.1 Å². The number of ether oxygens (including phenoxy) is 1. The molecule has 1 aromatic rings. The third kappa shape index (κ3) is 5.76. The highest BCUT2D eigenvalue weighted by Crippen LogP contribution is 2.14. The molecular weight excluding hydrogens is 246 g/mol. The molecule has 0 fully saturated rings. The molecule has 4 heteroatoms. The molecule has 0 aromatic heterocycles. The van der Waals surface area contributed by atoms with Gasteiger partial charge >= 0.3 is 0 Å². The first-order valence-corrected chi connectivity index (χ1v) is 7.38. The van der Waals surface area contributed by atoms with Crippen molar-refractivity contribution in [3.05, 3.63) is 30.3 Å². The largest absolute Gasteiger partial charge is 0.598 e. The zero-order chi connectivity index (χ0) is 13.6. The second kappa shape index (κ2) is 7.02. The quantitative estimate of drug-likeness (QED) is 0.808. The van der Waals surface area contributed by atoms with Crippen molar-refractivity contribution in [1.82, 2.24) is 4.72 Å². The average molecular weight is 269 g/mol. The molecule has 18 heavy (non-hydrogen) atoms. The minimum atomic E-state index is -1.01. The lowest BCUT2D eigenvalue weighted by Gasteiger charge is -2.24. The van der Waals surface area contributed by atoms with Crippen LogP contribution in [0.15, 0.2) is 30.3 Å². The van der Waals surface area contributed by atoms with Crippen LogP contribution in [0.3, 0.4) is 0 Å². The van der Waals surface area contributed by atoms with Crippen molar-refractivity contribution in [1.29, 1.82) is 0 Å². The van der Waals surface area contributed by atoms with Gasteiger partial charge in [0.25, 0.3) is 0 Å². The van der Waals surface area contributed by atoms with E-state index in [9.17, 15) is 4.55 Å². The van der Waals surface area contributed by atoms with Gasteiger partial charge in [-0.25, -0.2) is 0 Å². The summed E-state index contributed by atoms with van der Waals surface area (Å²) in [5.41, 5.74) is 0. The molecule has 0 saturated carbocycles. The van der Waals surface area contributed by atoms with E-state index in [4.69, 9.17) is 4.74 Å². The summed E-state index contributed by atoms with van der Waals surface area (Å²) < 4.78 is 20.3. The van der Waals surface area contributed by atoms with E-state index in [1.54, 1.807) is 0 Å². The molecule has 0 aliphatic heterocycles. The minimum Gasteiger partial charge on any atom is -0.598 e. The Labute approximate surface area is 113 Å². The molecule has 0 aliphatic rings. The van der Waals surface area contributed by atoms with Gasteiger partial charge in [-0.3, -0.25) is 0 Å². The first kappa shape index (κ1) is 15.3. The number of benzene rings is 1. The minimum absolute atomic E-state index is 0.222. The third-order valence-electron chi connectivity index (χ3n) is 2.40. The van der Waals surface area contributed by atoms with Gasteiger partial charge in [-0.05, 0) is 32.9 Å². The van der Waals surface area contributed by atoms with Crippen molar-refractivity contribution < 1.29 is 9.29 Å². The zero-order valence-corrected chi connectivity index (χ0v) is 12.4. The lowest BCUT2D eigenvalue weighted by atomic mass is 10.2. The van der Waals surface area contributed by atoms with Crippen LogP contribution >= 0.6 is 0 Å². The van der Waals surface area contributed by atoms with E-state index in [1.807, 2.05) is 51.1 Å². The van der Waals surface area contributed by atoms with E-state index in [2.05, 4.69) is 11.6 Å².